The Labute approximate surface area is 114 Å². The largest absolute Gasteiger partial charge is 0.480 e. The van der Waals surface area contributed by atoms with Gasteiger partial charge in [-0.3, -0.25) is 4.79 Å². The lowest BCUT2D eigenvalue weighted by Crippen LogP contribution is -2.53. The molecule has 0 aliphatic rings. The topological polar surface area (TPSA) is 57.6 Å². The van der Waals surface area contributed by atoms with Crippen LogP contribution in [0, 0.1) is 13.8 Å². The van der Waals surface area contributed by atoms with Gasteiger partial charge in [-0.25, -0.2) is 4.79 Å². The van der Waals surface area contributed by atoms with Gasteiger partial charge in [0.25, 0.3) is 5.91 Å². The summed E-state index contributed by atoms with van der Waals surface area (Å²) in [7, 11) is 0. The van der Waals surface area contributed by atoms with Crippen LogP contribution in [-0.4, -0.2) is 34.0 Å². The molecule has 0 aliphatic heterocycles. The minimum Gasteiger partial charge on any atom is -0.480 e. The SMILES string of the molecule is CCN(C(=O)c1cc(C)ccc1C)C(C)(C)C(=O)O. The van der Waals surface area contributed by atoms with Crippen molar-refractivity contribution in [2.75, 3.05) is 6.54 Å². The molecule has 1 rings (SSSR count). The maximum absolute atomic E-state index is 12.6. The lowest BCUT2D eigenvalue weighted by molar-refractivity contribution is -0.147. The second-order valence-corrected chi connectivity index (χ2v) is 5.23. The highest BCUT2D eigenvalue weighted by Gasteiger charge is 2.37. The summed E-state index contributed by atoms with van der Waals surface area (Å²) in [4.78, 5) is 25.3. The summed E-state index contributed by atoms with van der Waals surface area (Å²) < 4.78 is 0. The molecule has 0 saturated heterocycles. The number of rotatable bonds is 4. The van der Waals surface area contributed by atoms with E-state index in [-0.39, 0.29) is 5.91 Å². The molecule has 0 radical (unpaired) electrons. The number of carbonyl (C=O) groups excluding carboxylic acids is 1. The number of carboxylic acids is 1. The summed E-state index contributed by atoms with van der Waals surface area (Å²) in [5.74, 6) is -1.25. The molecular formula is C15H21NO3. The van der Waals surface area contributed by atoms with Crippen molar-refractivity contribution in [2.45, 2.75) is 40.2 Å². The number of aliphatic carboxylic acids is 1. The van der Waals surface area contributed by atoms with E-state index in [0.717, 1.165) is 11.1 Å². The van der Waals surface area contributed by atoms with Crippen molar-refractivity contribution < 1.29 is 14.7 Å². The smallest absolute Gasteiger partial charge is 0.329 e. The van der Waals surface area contributed by atoms with E-state index >= 15 is 0 Å². The summed E-state index contributed by atoms with van der Waals surface area (Å²) >= 11 is 0. The van der Waals surface area contributed by atoms with Gasteiger partial charge in [0, 0.05) is 12.1 Å². The number of nitrogens with zero attached hydrogens (tertiary/aromatic N) is 1. The summed E-state index contributed by atoms with van der Waals surface area (Å²) in [6.45, 7) is 8.99. The van der Waals surface area contributed by atoms with Crippen molar-refractivity contribution in [1.29, 1.82) is 0 Å². The molecule has 0 aromatic heterocycles. The van der Waals surface area contributed by atoms with Gasteiger partial charge in [0.05, 0.1) is 0 Å². The zero-order chi connectivity index (χ0) is 14.8. The molecule has 0 bridgehead atoms. The average Bonchev–Trinajstić information content (AvgIpc) is 2.32. The van der Waals surface area contributed by atoms with E-state index in [9.17, 15) is 14.7 Å². The molecule has 1 amide bonds. The van der Waals surface area contributed by atoms with Crippen LogP contribution in [0.2, 0.25) is 0 Å². The van der Waals surface area contributed by atoms with Crippen LogP contribution in [0.1, 0.15) is 42.3 Å². The molecule has 0 saturated carbocycles. The number of amides is 1. The van der Waals surface area contributed by atoms with Gasteiger partial charge < -0.3 is 10.0 Å². The monoisotopic (exact) mass is 263 g/mol. The van der Waals surface area contributed by atoms with Crippen LogP contribution in [0.5, 0.6) is 0 Å². The van der Waals surface area contributed by atoms with Crippen LogP contribution < -0.4 is 0 Å². The Hall–Kier alpha value is -1.84. The third-order valence-corrected chi connectivity index (χ3v) is 3.38. The predicted molar refractivity (Wildman–Crippen MR) is 74.3 cm³/mol. The number of likely N-dealkylation sites (N-methyl/N-ethyl adjacent to an activating group) is 1. The van der Waals surface area contributed by atoms with Crippen molar-refractivity contribution in [3.8, 4) is 0 Å². The molecule has 0 aliphatic carbocycles. The first-order valence-corrected chi connectivity index (χ1v) is 6.34. The Balaban J connectivity index is 3.23. The Morgan fingerprint density at radius 1 is 1.26 bits per heavy atom. The van der Waals surface area contributed by atoms with Crippen LogP contribution >= 0.6 is 0 Å². The standard InChI is InChI=1S/C15H21NO3/c1-6-16(15(4,5)14(18)19)13(17)12-9-10(2)7-8-11(12)3/h7-9H,6H2,1-5H3,(H,18,19). The first kappa shape index (κ1) is 15.2. The van der Waals surface area contributed by atoms with E-state index in [4.69, 9.17) is 0 Å². The molecule has 0 unspecified atom stereocenters. The lowest BCUT2D eigenvalue weighted by atomic mass is 9.99. The van der Waals surface area contributed by atoms with Crippen molar-refractivity contribution in [3.63, 3.8) is 0 Å². The molecule has 1 aromatic carbocycles. The molecule has 19 heavy (non-hydrogen) atoms. The third-order valence-electron chi connectivity index (χ3n) is 3.38. The van der Waals surface area contributed by atoms with Crippen LogP contribution in [0.3, 0.4) is 0 Å². The Morgan fingerprint density at radius 2 is 1.84 bits per heavy atom. The van der Waals surface area contributed by atoms with E-state index in [1.807, 2.05) is 26.0 Å². The normalized spacial score (nSPS) is 11.2. The van der Waals surface area contributed by atoms with Gasteiger partial charge in [-0.15, -0.1) is 0 Å². The molecule has 4 heteroatoms. The Morgan fingerprint density at radius 3 is 2.32 bits per heavy atom. The van der Waals surface area contributed by atoms with Gasteiger partial charge in [-0.2, -0.15) is 0 Å². The van der Waals surface area contributed by atoms with Crippen molar-refractivity contribution in [3.05, 3.63) is 34.9 Å². The zero-order valence-corrected chi connectivity index (χ0v) is 12.2. The van der Waals surface area contributed by atoms with Crippen molar-refractivity contribution in [1.82, 2.24) is 4.90 Å². The van der Waals surface area contributed by atoms with E-state index in [2.05, 4.69) is 0 Å². The average molecular weight is 263 g/mol. The predicted octanol–water partition coefficient (Wildman–Crippen LogP) is 2.63. The number of hydrogen-bond donors (Lipinski definition) is 1. The van der Waals surface area contributed by atoms with Gasteiger partial charge in [0.1, 0.15) is 5.54 Å². The van der Waals surface area contributed by atoms with E-state index in [1.165, 1.54) is 4.90 Å². The van der Waals surface area contributed by atoms with E-state index < -0.39 is 11.5 Å². The molecule has 4 nitrogen and oxygen atoms in total. The van der Waals surface area contributed by atoms with Gasteiger partial charge >= 0.3 is 5.97 Å². The number of aryl methyl sites for hydroxylation is 2. The van der Waals surface area contributed by atoms with Crippen LogP contribution in [-0.2, 0) is 4.79 Å². The molecule has 104 valence electrons. The first-order valence-electron chi connectivity index (χ1n) is 6.34. The third kappa shape index (κ3) is 2.95. The molecule has 0 spiro atoms. The van der Waals surface area contributed by atoms with E-state index in [0.29, 0.717) is 12.1 Å². The minimum absolute atomic E-state index is 0.240. The maximum Gasteiger partial charge on any atom is 0.329 e. The van der Waals surface area contributed by atoms with Gasteiger partial charge in [0.2, 0.25) is 0 Å². The highest BCUT2D eigenvalue weighted by molar-refractivity contribution is 5.98. The molecule has 1 N–H and O–H groups in total. The highest BCUT2D eigenvalue weighted by atomic mass is 16.4. The fraction of sp³-hybridized carbons (Fsp3) is 0.467. The number of hydrogen-bond acceptors (Lipinski definition) is 2. The molecule has 0 atom stereocenters. The Kier molecular flexibility index (Phi) is 4.35. The maximum atomic E-state index is 12.6. The second kappa shape index (κ2) is 5.43. The van der Waals surface area contributed by atoms with Crippen LogP contribution in [0.4, 0.5) is 0 Å². The fourth-order valence-electron chi connectivity index (χ4n) is 2.02. The summed E-state index contributed by atoms with van der Waals surface area (Å²) in [5.41, 5.74) is 1.19. The quantitative estimate of drug-likeness (QED) is 0.908. The fourth-order valence-corrected chi connectivity index (χ4v) is 2.02. The lowest BCUT2D eigenvalue weighted by Gasteiger charge is -2.34. The zero-order valence-electron chi connectivity index (χ0n) is 12.2. The highest BCUT2D eigenvalue weighted by Crippen LogP contribution is 2.20. The summed E-state index contributed by atoms with van der Waals surface area (Å²) in [6.07, 6.45) is 0. The van der Waals surface area contributed by atoms with Crippen molar-refractivity contribution >= 4 is 11.9 Å². The number of benzene rings is 1. The summed E-state index contributed by atoms with van der Waals surface area (Å²) in [5, 5.41) is 9.27. The molecule has 0 heterocycles. The van der Waals surface area contributed by atoms with Crippen LogP contribution in [0.25, 0.3) is 0 Å². The van der Waals surface area contributed by atoms with Gasteiger partial charge in [0.15, 0.2) is 0 Å². The number of carbonyl (C=O) groups is 2. The van der Waals surface area contributed by atoms with E-state index in [1.54, 1.807) is 26.8 Å². The van der Waals surface area contributed by atoms with Gasteiger partial charge in [-0.1, -0.05) is 17.7 Å². The second-order valence-electron chi connectivity index (χ2n) is 5.23. The molecule has 1 aromatic rings. The van der Waals surface area contributed by atoms with Crippen LogP contribution in [0.15, 0.2) is 18.2 Å². The molecule has 0 fully saturated rings. The minimum atomic E-state index is -1.22. The van der Waals surface area contributed by atoms with Crippen molar-refractivity contribution in [2.24, 2.45) is 0 Å². The summed E-state index contributed by atoms with van der Waals surface area (Å²) in [6, 6.07) is 5.62. The first-order chi connectivity index (χ1) is 8.71. The number of carboxylic acid groups (broad SMARTS) is 1. The van der Waals surface area contributed by atoms with Gasteiger partial charge in [-0.05, 0) is 46.2 Å². The Bertz CT molecular complexity index is 506. The molecular weight excluding hydrogens is 242 g/mol.